The topological polar surface area (TPSA) is 50.5 Å². The molecule has 0 radical (unpaired) electrons. The number of anilines is 1. The molecule has 21 heavy (non-hydrogen) atoms. The Labute approximate surface area is 120 Å². The number of nitrogens with zero attached hydrogens (tertiary/aromatic N) is 4. The molecule has 1 aliphatic heterocycles. The summed E-state index contributed by atoms with van der Waals surface area (Å²) in [5, 5.41) is 4.04. The number of hydrogen-bond acceptors (Lipinski definition) is 4. The van der Waals surface area contributed by atoms with Crippen LogP contribution in [0.4, 0.5) is 14.6 Å². The second-order valence-electron chi connectivity index (χ2n) is 5.71. The highest BCUT2D eigenvalue weighted by atomic mass is 19.3. The summed E-state index contributed by atoms with van der Waals surface area (Å²) in [5.41, 5.74) is 0.801. The second kappa shape index (κ2) is 4.75. The van der Waals surface area contributed by atoms with Crippen molar-refractivity contribution in [3.63, 3.8) is 0 Å². The second-order valence-corrected chi connectivity index (χ2v) is 5.71. The van der Waals surface area contributed by atoms with Gasteiger partial charge >= 0.3 is 0 Å². The third kappa shape index (κ3) is 2.59. The van der Waals surface area contributed by atoms with Gasteiger partial charge in [0.2, 0.25) is 0 Å². The average Bonchev–Trinajstić information content (AvgIpc) is 2.78. The molecule has 0 N–H and O–H groups in total. The van der Waals surface area contributed by atoms with E-state index < -0.39 is 5.92 Å². The highest BCUT2D eigenvalue weighted by Crippen LogP contribution is 2.32. The molecule has 3 rings (SSSR count). The molecule has 1 aliphatic rings. The monoisotopic (exact) mass is 294 g/mol. The van der Waals surface area contributed by atoms with E-state index in [0.29, 0.717) is 23.6 Å². The molecule has 2 aromatic heterocycles. The fourth-order valence-electron chi connectivity index (χ4n) is 2.82. The zero-order valence-corrected chi connectivity index (χ0v) is 11.9. The molecule has 7 heteroatoms. The van der Waals surface area contributed by atoms with E-state index in [2.05, 4.69) is 10.1 Å². The molecule has 2 aromatic rings. The van der Waals surface area contributed by atoms with Gasteiger partial charge in [-0.15, -0.1) is 0 Å². The smallest absolute Gasteiger partial charge is 0.265 e. The number of aromatic nitrogens is 3. The molecule has 3 heterocycles. The Hall–Kier alpha value is -2.05. The first-order valence-electron chi connectivity index (χ1n) is 6.84. The predicted octanol–water partition coefficient (Wildman–Crippen LogP) is 2.41. The van der Waals surface area contributed by atoms with E-state index in [1.54, 1.807) is 24.1 Å². The van der Waals surface area contributed by atoms with Crippen molar-refractivity contribution in [1.82, 2.24) is 14.6 Å². The van der Waals surface area contributed by atoms with E-state index in [9.17, 15) is 13.6 Å². The van der Waals surface area contributed by atoms with Crippen LogP contribution in [0.1, 0.15) is 30.6 Å². The minimum absolute atomic E-state index is 0.100. The predicted molar refractivity (Wildman–Crippen MR) is 73.9 cm³/mol. The van der Waals surface area contributed by atoms with E-state index in [1.165, 1.54) is 17.6 Å². The Kier molecular flexibility index (Phi) is 3.15. The molecule has 0 aromatic carbocycles. The highest BCUT2D eigenvalue weighted by Gasteiger charge is 2.39. The van der Waals surface area contributed by atoms with Gasteiger partial charge in [-0.3, -0.25) is 4.79 Å². The van der Waals surface area contributed by atoms with Crippen LogP contribution in [0.15, 0.2) is 18.5 Å². The van der Waals surface area contributed by atoms with Gasteiger partial charge in [0.1, 0.15) is 5.82 Å². The number of carbonyl (C=O) groups is 1. The van der Waals surface area contributed by atoms with E-state index in [-0.39, 0.29) is 24.7 Å². The Bertz CT molecular complexity index is 697. The fraction of sp³-hybridized carbons (Fsp3) is 0.500. The minimum Gasteiger partial charge on any atom is -0.350 e. The number of carbonyl (C=O) groups excluding carboxylic acids is 1. The summed E-state index contributed by atoms with van der Waals surface area (Å²) < 4.78 is 28.9. The third-order valence-corrected chi connectivity index (χ3v) is 3.66. The summed E-state index contributed by atoms with van der Waals surface area (Å²) in [5.74, 6) is -2.51. The van der Waals surface area contributed by atoms with Crippen LogP contribution >= 0.6 is 0 Å². The molecule has 1 atom stereocenters. The van der Waals surface area contributed by atoms with Gasteiger partial charge in [-0.1, -0.05) is 6.92 Å². The maximum atomic E-state index is 13.7. The van der Waals surface area contributed by atoms with E-state index >= 15 is 0 Å². The third-order valence-electron chi connectivity index (χ3n) is 3.66. The van der Waals surface area contributed by atoms with Crippen molar-refractivity contribution in [1.29, 1.82) is 0 Å². The molecule has 5 nitrogen and oxygen atoms in total. The normalized spacial score (nSPS) is 21.7. The van der Waals surface area contributed by atoms with Crippen LogP contribution < -0.4 is 4.90 Å². The number of alkyl halides is 2. The van der Waals surface area contributed by atoms with Gasteiger partial charge in [0.05, 0.1) is 18.3 Å². The van der Waals surface area contributed by atoms with E-state index in [4.69, 9.17) is 0 Å². The summed E-state index contributed by atoms with van der Waals surface area (Å²) in [6, 6.07) is 1.65. The molecule has 0 bridgehead atoms. The lowest BCUT2D eigenvalue weighted by Crippen LogP contribution is -2.46. The molecule has 1 saturated heterocycles. The van der Waals surface area contributed by atoms with E-state index in [1.807, 2.05) is 0 Å². The van der Waals surface area contributed by atoms with E-state index in [0.717, 1.165) is 0 Å². The zero-order chi connectivity index (χ0) is 15.2. The van der Waals surface area contributed by atoms with Crippen LogP contribution in [-0.4, -0.2) is 39.4 Å². The largest absolute Gasteiger partial charge is 0.350 e. The molecule has 0 spiro atoms. The van der Waals surface area contributed by atoms with Crippen LogP contribution in [0.25, 0.3) is 5.65 Å². The van der Waals surface area contributed by atoms with Crippen LogP contribution in [0.2, 0.25) is 0 Å². The van der Waals surface area contributed by atoms with Gasteiger partial charge in [0, 0.05) is 19.2 Å². The Morgan fingerprint density at radius 3 is 2.90 bits per heavy atom. The van der Waals surface area contributed by atoms with Gasteiger partial charge < -0.3 is 4.90 Å². The standard InChI is InChI=1S/C14H16F2N4O/c1-9-5-14(15,16)8-19(7-9)12-3-4-20-13(18-12)11(6-17-20)10(2)21/h3-4,6,9H,5,7-8H2,1-2H3/t9-/m1/s1. The van der Waals surface area contributed by atoms with Crippen LogP contribution in [0.3, 0.4) is 0 Å². The van der Waals surface area contributed by atoms with Crippen molar-refractivity contribution in [2.24, 2.45) is 5.92 Å². The van der Waals surface area contributed by atoms with Crippen LogP contribution in [0.5, 0.6) is 0 Å². The lowest BCUT2D eigenvalue weighted by molar-refractivity contribution is -0.0265. The average molecular weight is 294 g/mol. The van der Waals surface area contributed by atoms with Crippen LogP contribution in [0, 0.1) is 5.92 Å². The summed E-state index contributed by atoms with van der Waals surface area (Å²) in [4.78, 5) is 17.5. The molecule has 0 aliphatic carbocycles. The number of fused-ring (bicyclic) bond motifs is 1. The Morgan fingerprint density at radius 2 is 2.24 bits per heavy atom. The van der Waals surface area contributed by atoms with Crippen molar-refractivity contribution in [2.45, 2.75) is 26.2 Å². The summed E-state index contributed by atoms with van der Waals surface area (Å²) in [6.45, 7) is 3.42. The van der Waals surface area contributed by atoms with Gasteiger partial charge in [-0.05, 0) is 18.9 Å². The first-order valence-corrected chi connectivity index (χ1v) is 6.84. The Balaban J connectivity index is 2.00. The summed E-state index contributed by atoms with van der Waals surface area (Å²) in [6.07, 6.45) is 2.99. The minimum atomic E-state index is -2.71. The number of piperidine rings is 1. The first-order chi connectivity index (χ1) is 9.85. The number of rotatable bonds is 2. The number of halogens is 2. The van der Waals surface area contributed by atoms with Gasteiger partial charge in [0.25, 0.3) is 5.92 Å². The maximum Gasteiger partial charge on any atom is 0.265 e. The van der Waals surface area contributed by atoms with Crippen molar-refractivity contribution in [3.05, 3.63) is 24.0 Å². The molecule has 0 saturated carbocycles. The van der Waals surface area contributed by atoms with Gasteiger partial charge in [-0.25, -0.2) is 18.3 Å². The van der Waals surface area contributed by atoms with Crippen molar-refractivity contribution in [3.8, 4) is 0 Å². The lowest BCUT2D eigenvalue weighted by Gasteiger charge is -2.36. The van der Waals surface area contributed by atoms with Crippen LogP contribution in [-0.2, 0) is 0 Å². The molecule has 0 unspecified atom stereocenters. The molecular weight excluding hydrogens is 278 g/mol. The lowest BCUT2D eigenvalue weighted by atomic mass is 9.97. The zero-order valence-electron chi connectivity index (χ0n) is 11.9. The maximum absolute atomic E-state index is 13.7. The van der Waals surface area contributed by atoms with Crippen molar-refractivity contribution >= 4 is 17.2 Å². The first kappa shape index (κ1) is 13.9. The molecule has 112 valence electrons. The van der Waals surface area contributed by atoms with Crippen molar-refractivity contribution < 1.29 is 13.6 Å². The quantitative estimate of drug-likeness (QED) is 0.798. The SMILES string of the molecule is CC(=O)c1cnn2ccc(N3C[C@H](C)CC(F)(F)C3)nc12. The molecule has 0 amide bonds. The highest BCUT2D eigenvalue weighted by molar-refractivity contribution is 5.99. The molecular formula is C14H16F2N4O. The van der Waals surface area contributed by atoms with Gasteiger partial charge in [-0.2, -0.15) is 5.10 Å². The summed E-state index contributed by atoms with van der Waals surface area (Å²) >= 11 is 0. The summed E-state index contributed by atoms with van der Waals surface area (Å²) in [7, 11) is 0. The number of hydrogen-bond donors (Lipinski definition) is 0. The molecule has 1 fully saturated rings. The fourth-order valence-corrected chi connectivity index (χ4v) is 2.82. The Morgan fingerprint density at radius 1 is 1.48 bits per heavy atom. The number of ketones is 1. The van der Waals surface area contributed by atoms with Gasteiger partial charge in [0.15, 0.2) is 11.4 Å². The number of Topliss-reactive ketones (excluding diaryl/α,β-unsaturated/α-hetero) is 1. The van der Waals surface area contributed by atoms with Crippen molar-refractivity contribution in [2.75, 3.05) is 18.0 Å².